The van der Waals surface area contributed by atoms with Gasteiger partial charge in [-0.25, -0.2) is 19.6 Å². The second-order valence-electron chi connectivity index (χ2n) is 15.5. The van der Waals surface area contributed by atoms with Crippen molar-refractivity contribution in [3.63, 3.8) is 0 Å². The number of aromatic amines is 2. The fourth-order valence-corrected chi connectivity index (χ4v) is 7.81. The molecule has 2 aliphatic heterocycles. The van der Waals surface area contributed by atoms with Gasteiger partial charge in [0.25, 0.3) is 0 Å². The summed E-state index contributed by atoms with van der Waals surface area (Å²) in [5.74, 6) is 1.64. The Hall–Kier alpha value is -5.66. The van der Waals surface area contributed by atoms with Gasteiger partial charge >= 0.3 is 12.2 Å². The van der Waals surface area contributed by atoms with E-state index >= 15 is 0 Å². The van der Waals surface area contributed by atoms with Crippen LogP contribution in [0, 0.1) is 11.8 Å². The number of imidazole rings is 2. The number of hydrogen-bond donors (Lipinski definition) is 4. The highest BCUT2D eigenvalue weighted by molar-refractivity contribution is 5.87. The van der Waals surface area contributed by atoms with Gasteiger partial charge in [0.05, 0.1) is 50.1 Å². The molecular formula is C42H54N8O6. The number of ether oxygens (including phenoxy) is 2. The topological polar surface area (TPSA) is 175 Å². The number of rotatable bonds is 13. The van der Waals surface area contributed by atoms with E-state index in [2.05, 4.69) is 79.1 Å². The second kappa shape index (κ2) is 17.9. The van der Waals surface area contributed by atoms with E-state index in [1.807, 2.05) is 37.5 Å². The summed E-state index contributed by atoms with van der Waals surface area (Å²) in [7, 11) is 2.60. The first-order chi connectivity index (χ1) is 26.9. The monoisotopic (exact) mass is 766 g/mol. The fraction of sp³-hybridized carbons (Fsp3) is 0.476. The van der Waals surface area contributed by atoms with Crippen LogP contribution < -0.4 is 10.6 Å². The third-order valence-corrected chi connectivity index (χ3v) is 10.6. The van der Waals surface area contributed by atoms with Crippen molar-refractivity contribution in [1.82, 2.24) is 40.4 Å². The van der Waals surface area contributed by atoms with Gasteiger partial charge in [0.1, 0.15) is 23.7 Å². The van der Waals surface area contributed by atoms with E-state index in [0.29, 0.717) is 25.9 Å². The van der Waals surface area contributed by atoms with Crippen molar-refractivity contribution in [2.24, 2.45) is 11.8 Å². The fourth-order valence-electron chi connectivity index (χ4n) is 7.81. The van der Waals surface area contributed by atoms with Gasteiger partial charge in [0, 0.05) is 13.1 Å². The van der Waals surface area contributed by atoms with Crippen LogP contribution in [0.1, 0.15) is 90.0 Å². The first-order valence-electron chi connectivity index (χ1n) is 19.6. The van der Waals surface area contributed by atoms with E-state index in [4.69, 9.17) is 9.47 Å². The molecule has 2 saturated heterocycles. The van der Waals surface area contributed by atoms with E-state index in [-0.39, 0.29) is 35.7 Å². The highest BCUT2D eigenvalue weighted by Crippen LogP contribution is 2.35. The number of methoxy groups -OCH3 is 2. The maximum Gasteiger partial charge on any atom is 0.407 e. The van der Waals surface area contributed by atoms with Crippen LogP contribution in [0.3, 0.4) is 0 Å². The Morgan fingerprint density at radius 3 is 1.34 bits per heavy atom. The molecule has 0 aliphatic carbocycles. The van der Waals surface area contributed by atoms with E-state index in [9.17, 15) is 19.2 Å². The molecule has 2 fully saturated rings. The minimum absolute atomic E-state index is 0.123. The van der Waals surface area contributed by atoms with Gasteiger partial charge in [0.2, 0.25) is 11.8 Å². The standard InChI is InChI=1S/C42H54N8O6/c1-25(2)21-31(47-41(53)55-5)39(51)49-19-7-9-35(49)37-43-23-33(45-37)29-15-11-27(12-16-29)28-13-17-30(18-14-28)34-24-44-38(46-34)36-10-8-20-50(36)40(52)32(22-26(3)4)48-42(54)56-6/h11-18,23-26,31-32,35-36H,7-10,19-22H2,1-6H3,(H,43,45)(H,44,46)(H,47,53)(H,48,54)/t31?,32?,35-,36-/m0/s1. The van der Waals surface area contributed by atoms with Crippen LogP contribution >= 0.6 is 0 Å². The molecule has 14 heteroatoms. The summed E-state index contributed by atoms with van der Waals surface area (Å²) in [4.78, 5) is 71.2. The Kier molecular flexibility index (Phi) is 12.8. The van der Waals surface area contributed by atoms with E-state index in [1.165, 1.54) is 14.2 Å². The summed E-state index contributed by atoms with van der Waals surface area (Å²) < 4.78 is 9.57. The Morgan fingerprint density at radius 1 is 0.643 bits per heavy atom. The molecule has 56 heavy (non-hydrogen) atoms. The van der Waals surface area contributed by atoms with Crippen molar-refractivity contribution in [3.8, 4) is 33.6 Å². The summed E-state index contributed by atoms with van der Waals surface area (Å²) in [6, 6.07) is 14.8. The molecule has 4 aromatic rings. The normalized spacial score (nSPS) is 17.9. The zero-order valence-corrected chi connectivity index (χ0v) is 33.1. The predicted molar refractivity (Wildman–Crippen MR) is 212 cm³/mol. The zero-order valence-electron chi connectivity index (χ0n) is 33.1. The summed E-state index contributed by atoms with van der Waals surface area (Å²) in [6.45, 7) is 9.28. The number of carbonyl (C=O) groups is 4. The lowest BCUT2D eigenvalue weighted by Crippen LogP contribution is -2.49. The van der Waals surface area contributed by atoms with Crippen LogP contribution in [-0.2, 0) is 19.1 Å². The van der Waals surface area contributed by atoms with Gasteiger partial charge in [-0.2, -0.15) is 0 Å². The third-order valence-electron chi connectivity index (χ3n) is 10.6. The number of hydrogen-bond acceptors (Lipinski definition) is 8. The summed E-state index contributed by atoms with van der Waals surface area (Å²) >= 11 is 0. The number of alkyl carbamates (subject to hydrolysis) is 2. The van der Waals surface area contributed by atoms with E-state index < -0.39 is 24.3 Å². The van der Waals surface area contributed by atoms with Crippen LogP contribution in [0.25, 0.3) is 33.6 Å². The van der Waals surface area contributed by atoms with Crippen LogP contribution in [-0.4, -0.2) is 93.1 Å². The lowest BCUT2D eigenvalue weighted by molar-refractivity contribution is -0.135. The van der Waals surface area contributed by atoms with Gasteiger partial charge in [0.15, 0.2) is 0 Å². The molecule has 0 saturated carbocycles. The highest BCUT2D eigenvalue weighted by Gasteiger charge is 2.38. The molecule has 4 heterocycles. The van der Waals surface area contributed by atoms with Crippen molar-refractivity contribution in [2.45, 2.75) is 90.4 Å². The van der Waals surface area contributed by atoms with Crippen molar-refractivity contribution in [1.29, 1.82) is 0 Å². The quantitative estimate of drug-likeness (QED) is 0.113. The Morgan fingerprint density at radius 2 is 1.00 bits per heavy atom. The number of carbonyl (C=O) groups excluding carboxylic acids is 4. The number of H-pyrrole nitrogens is 2. The molecule has 0 spiro atoms. The molecule has 4 N–H and O–H groups in total. The maximum atomic E-state index is 13.6. The first-order valence-corrected chi connectivity index (χ1v) is 19.6. The van der Waals surface area contributed by atoms with Gasteiger partial charge in [-0.15, -0.1) is 0 Å². The third kappa shape index (κ3) is 9.23. The SMILES string of the molecule is COC(=O)NC(CC(C)C)C(=O)N1CCC[C@H]1c1ncc(-c2ccc(-c3ccc(-c4cnc([C@@H]5CCCN5C(=O)C(CC(C)C)NC(=O)OC)[nH]4)cc3)cc2)[nH]1. The lowest BCUT2D eigenvalue weighted by atomic mass is 10.0. The second-order valence-corrected chi connectivity index (χ2v) is 15.5. The molecule has 298 valence electrons. The number of nitrogens with one attached hydrogen (secondary N) is 4. The molecule has 2 aromatic heterocycles. The Balaban J connectivity index is 1.10. The maximum absolute atomic E-state index is 13.6. The molecule has 0 bridgehead atoms. The Bertz CT molecular complexity index is 1830. The summed E-state index contributed by atoms with van der Waals surface area (Å²) in [5, 5.41) is 5.45. The van der Waals surface area contributed by atoms with Crippen LogP contribution in [0.2, 0.25) is 0 Å². The van der Waals surface area contributed by atoms with Crippen LogP contribution in [0.4, 0.5) is 9.59 Å². The molecule has 2 unspecified atom stereocenters. The number of aromatic nitrogens is 4. The first kappa shape index (κ1) is 40.0. The number of nitrogens with zero attached hydrogens (tertiary/aromatic N) is 4. The van der Waals surface area contributed by atoms with Gasteiger partial charge in [-0.05, 0) is 72.6 Å². The van der Waals surface area contributed by atoms with Crippen molar-refractivity contribution in [3.05, 3.63) is 72.6 Å². The van der Waals surface area contributed by atoms with Crippen LogP contribution in [0.5, 0.6) is 0 Å². The zero-order chi connectivity index (χ0) is 39.9. The Labute approximate surface area is 328 Å². The number of benzene rings is 2. The molecule has 2 aliphatic rings. The van der Waals surface area contributed by atoms with Crippen molar-refractivity contribution >= 4 is 24.0 Å². The minimum atomic E-state index is -0.664. The predicted octanol–water partition coefficient (Wildman–Crippen LogP) is 7.00. The van der Waals surface area contributed by atoms with Crippen LogP contribution in [0.15, 0.2) is 60.9 Å². The average Bonchev–Trinajstić information content (AvgIpc) is 4.03. The summed E-state index contributed by atoms with van der Waals surface area (Å²) in [5.41, 5.74) is 5.80. The van der Waals surface area contributed by atoms with Crippen molar-refractivity contribution < 1.29 is 28.7 Å². The molecular weight excluding hydrogens is 713 g/mol. The average molecular weight is 767 g/mol. The molecule has 14 nitrogen and oxygen atoms in total. The molecule has 6 rings (SSSR count). The lowest BCUT2D eigenvalue weighted by Gasteiger charge is -2.29. The largest absolute Gasteiger partial charge is 0.453 e. The van der Waals surface area contributed by atoms with E-state index in [0.717, 1.165) is 71.0 Å². The molecule has 0 radical (unpaired) electrons. The van der Waals surface area contributed by atoms with E-state index in [1.54, 1.807) is 12.4 Å². The minimum Gasteiger partial charge on any atom is -0.453 e. The number of amides is 4. The summed E-state index contributed by atoms with van der Waals surface area (Å²) in [6.07, 6.45) is 6.69. The molecule has 4 amide bonds. The molecule has 2 aromatic carbocycles. The van der Waals surface area contributed by atoms with Crippen molar-refractivity contribution in [2.75, 3.05) is 27.3 Å². The van der Waals surface area contributed by atoms with Gasteiger partial charge in [-0.3, -0.25) is 9.59 Å². The van der Waals surface area contributed by atoms with Gasteiger partial charge < -0.3 is 39.9 Å². The highest BCUT2D eigenvalue weighted by atomic mass is 16.5. The smallest absolute Gasteiger partial charge is 0.407 e. The molecule has 4 atom stereocenters. The van der Waals surface area contributed by atoms with Gasteiger partial charge in [-0.1, -0.05) is 76.2 Å². The number of likely N-dealkylation sites (tertiary alicyclic amines) is 2.